The predicted octanol–water partition coefficient (Wildman–Crippen LogP) is 3.70. The molecule has 0 spiro atoms. The van der Waals surface area contributed by atoms with E-state index in [0.717, 1.165) is 56.3 Å². The summed E-state index contributed by atoms with van der Waals surface area (Å²) < 4.78 is 0. The lowest BCUT2D eigenvalue weighted by Gasteiger charge is -2.52. The lowest BCUT2D eigenvalue weighted by Crippen LogP contribution is -2.64. The van der Waals surface area contributed by atoms with E-state index in [0.29, 0.717) is 30.6 Å². The molecule has 2 fully saturated rings. The van der Waals surface area contributed by atoms with Crippen LogP contribution < -0.4 is 10.2 Å². The number of halogens is 1. The molecule has 2 saturated heterocycles. The minimum absolute atomic E-state index is 0.0908. The molecule has 1 aromatic carbocycles. The molecule has 7 heteroatoms. The first-order chi connectivity index (χ1) is 16.4. The summed E-state index contributed by atoms with van der Waals surface area (Å²) in [5.74, 6) is 1.65. The van der Waals surface area contributed by atoms with Gasteiger partial charge < -0.3 is 10.2 Å². The zero-order valence-corrected chi connectivity index (χ0v) is 21.4. The minimum Gasteiger partial charge on any atom is -0.358 e. The molecule has 3 heterocycles. The van der Waals surface area contributed by atoms with Gasteiger partial charge in [0.15, 0.2) is 0 Å². The molecule has 0 radical (unpaired) electrons. The summed E-state index contributed by atoms with van der Waals surface area (Å²) in [6, 6.07) is 15.7. The topological polar surface area (TPSA) is 51.7 Å². The first-order valence-corrected chi connectivity index (χ1v) is 12.9. The lowest BCUT2D eigenvalue weighted by atomic mass is 9.90. The molecule has 184 valence electrons. The molecule has 0 saturated carbocycles. The van der Waals surface area contributed by atoms with Crippen LogP contribution in [0.1, 0.15) is 32.3 Å². The van der Waals surface area contributed by atoms with Crippen LogP contribution in [0.4, 0.5) is 5.82 Å². The third kappa shape index (κ3) is 6.09. The highest BCUT2D eigenvalue weighted by Crippen LogP contribution is 2.30. The Morgan fingerprint density at radius 1 is 1.12 bits per heavy atom. The standard InChI is InChI=1S/C27H38ClN5O/c1-20(2)25-18-33(23-11-14-31(15-12-23)26-6-4-5-13-30-26)24(17-32(25)19-27(34)29-3)16-21-7-9-22(28)10-8-21/h4-10,13,20,23-25H,11-12,14-19H2,1-3H3,(H,29,34)/t24-,25?/m0/s1. The molecule has 1 amide bonds. The van der Waals surface area contributed by atoms with Gasteiger partial charge in [0.2, 0.25) is 5.91 Å². The van der Waals surface area contributed by atoms with E-state index >= 15 is 0 Å². The summed E-state index contributed by atoms with van der Waals surface area (Å²) in [5, 5.41) is 3.59. The summed E-state index contributed by atoms with van der Waals surface area (Å²) in [6.45, 7) is 8.98. The zero-order chi connectivity index (χ0) is 24.1. The number of amides is 1. The van der Waals surface area contributed by atoms with Crippen molar-refractivity contribution in [1.29, 1.82) is 0 Å². The minimum atomic E-state index is 0.0908. The van der Waals surface area contributed by atoms with Gasteiger partial charge in [-0.25, -0.2) is 4.98 Å². The van der Waals surface area contributed by atoms with Gasteiger partial charge in [-0.15, -0.1) is 0 Å². The van der Waals surface area contributed by atoms with E-state index in [-0.39, 0.29) is 5.91 Å². The van der Waals surface area contributed by atoms with Crippen molar-refractivity contribution in [2.75, 3.05) is 44.7 Å². The number of aromatic nitrogens is 1. The quantitative estimate of drug-likeness (QED) is 0.650. The highest BCUT2D eigenvalue weighted by Gasteiger charge is 2.39. The molecule has 2 aliphatic rings. The fourth-order valence-corrected chi connectivity index (χ4v) is 5.68. The highest BCUT2D eigenvalue weighted by atomic mass is 35.5. The van der Waals surface area contributed by atoms with E-state index in [1.807, 2.05) is 24.4 Å². The maximum absolute atomic E-state index is 12.3. The van der Waals surface area contributed by atoms with Crippen molar-refractivity contribution in [1.82, 2.24) is 20.1 Å². The number of hydrogen-bond acceptors (Lipinski definition) is 5. The molecular formula is C27H38ClN5O. The fraction of sp³-hybridized carbons (Fsp3) is 0.556. The predicted molar refractivity (Wildman–Crippen MR) is 139 cm³/mol. The molecule has 6 nitrogen and oxygen atoms in total. The molecule has 34 heavy (non-hydrogen) atoms. The Morgan fingerprint density at radius 2 is 1.85 bits per heavy atom. The first kappa shape index (κ1) is 25.0. The number of piperazine rings is 1. The van der Waals surface area contributed by atoms with Gasteiger partial charge >= 0.3 is 0 Å². The van der Waals surface area contributed by atoms with E-state index in [2.05, 4.69) is 63.1 Å². The highest BCUT2D eigenvalue weighted by molar-refractivity contribution is 6.30. The monoisotopic (exact) mass is 483 g/mol. The number of rotatable bonds is 7. The number of piperidine rings is 1. The molecule has 1 unspecified atom stereocenters. The molecule has 2 atom stereocenters. The second-order valence-corrected chi connectivity index (χ2v) is 10.4. The number of anilines is 1. The Hall–Kier alpha value is -2.15. The summed E-state index contributed by atoms with van der Waals surface area (Å²) in [4.78, 5) is 24.4. The van der Waals surface area contributed by atoms with Crippen LogP contribution in [-0.2, 0) is 11.2 Å². The number of hydrogen-bond donors (Lipinski definition) is 1. The number of likely N-dealkylation sites (N-methyl/N-ethyl adjacent to an activating group) is 1. The third-order valence-corrected chi connectivity index (χ3v) is 7.72. The first-order valence-electron chi connectivity index (χ1n) is 12.6. The number of carbonyl (C=O) groups is 1. The maximum Gasteiger partial charge on any atom is 0.233 e. The van der Waals surface area contributed by atoms with Crippen molar-refractivity contribution in [3.05, 3.63) is 59.2 Å². The normalized spacial score (nSPS) is 22.8. The van der Waals surface area contributed by atoms with Gasteiger partial charge in [0.25, 0.3) is 0 Å². The van der Waals surface area contributed by atoms with Crippen molar-refractivity contribution in [2.45, 2.75) is 51.2 Å². The van der Waals surface area contributed by atoms with Crippen molar-refractivity contribution < 1.29 is 4.79 Å². The lowest BCUT2D eigenvalue weighted by molar-refractivity contribution is -0.124. The molecule has 4 rings (SSSR count). The molecule has 2 aromatic rings. The van der Waals surface area contributed by atoms with Crippen LogP contribution in [0.25, 0.3) is 0 Å². The Kier molecular flexibility index (Phi) is 8.46. The van der Waals surface area contributed by atoms with Crippen LogP contribution in [0.5, 0.6) is 0 Å². The smallest absolute Gasteiger partial charge is 0.233 e. The van der Waals surface area contributed by atoms with E-state index in [1.165, 1.54) is 5.56 Å². The van der Waals surface area contributed by atoms with Gasteiger partial charge in [0, 0.05) is 62.6 Å². The van der Waals surface area contributed by atoms with Crippen LogP contribution in [0.3, 0.4) is 0 Å². The van der Waals surface area contributed by atoms with Gasteiger partial charge in [-0.1, -0.05) is 43.6 Å². The second-order valence-electron chi connectivity index (χ2n) is 10.0. The average Bonchev–Trinajstić information content (AvgIpc) is 2.86. The van der Waals surface area contributed by atoms with Crippen LogP contribution in [0, 0.1) is 5.92 Å². The number of carbonyl (C=O) groups excluding carboxylic acids is 1. The van der Waals surface area contributed by atoms with Gasteiger partial charge in [-0.05, 0) is 55.0 Å². The van der Waals surface area contributed by atoms with Crippen molar-refractivity contribution >= 4 is 23.3 Å². The van der Waals surface area contributed by atoms with Crippen molar-refractivity contribution in [3.8, 4) is 0 Å². The van der Waals surface area contributed by atoms with Crippen LogP contribution in [-0.4, -0.2) is 78.6 Å². The van der Waals surface area contributed by atoms with Gasteiger partial charge in [0.1, 0.15) is 5.82 Å². The van der Waals surface area contributed by atoms with Crippen molar-refractivity contribution in [2.24, 2.45) is 5.92 Å². The number of benzene rings is 1. The largest absolute Gasteiger partial charge is 0.358 e. The van der Waals surface area contributed by atoms with Crippen molar-refractivity contribution in [3.63, 3.8) is 0 Å². The fourth-order valence-electron chi connectivity index (χ4n) is 5.56. The summed E-state index contributed by atoms with van der Waals surface area (Å²) in [5.41, 5.74) is 1.30. The van der Waals surface area contributed by atoms with E-state index < -0.39 is 0 Å². The molecule has 1 aromatic heterocycles. The Balaban J connectivity index is 1.52. The molecule has 2 aliphatic heterocycles. The van der Waals surface area contributed by atoms with Crippen LogP contribution >= 0.6 is 11.6 Å². The Bertz CT molecular complexity index is 914. The van der Waals surface area contributed by atoms with E-state index in [4.69, 9.17) is 11.6 Å². The average molecular weight is 484 g/mol. The van der Waals surface area contributed by atoms with Crippen LogP contribution in [0.2, 0.25) is 5.02 Å². The summed E-state index contributed by atoms with van der Waals surface area (Å²) in [6.07, 6.45) is 5.11. The number of pyridine rings is 1. The summed E-state index contributed by atoms with van der Waals surface area (Å²) >= 11 is 6.15. The van der Waals surface area contributed by atoms with E-state index in [1.54, 1.807) is 7.05 Å². The number of nitrogens with one attached hydrogen (secondary N) is 1. The summed E-state index contributed by atoms with van der Waals surface area (Å²) in [7, 11) is 1.73. The molecule has 0 aliphatic carbocycles. The Morgan fingerprint density at radius 3 is 2.47 bits per heavy atom. The maximum atomic E-state index is 12.3. The van der Waals surface area contributed by atoms with Gasteiger partial charge in [0.05, 0.1) is 6.54 Å². The molecule has 1 N–H and O–H groups in total. The SMILES string of the molecule is CNC(=O)CN1C[C@H](Cc2ccc(Cl)cc2)N(C2CCN(c3ccccn3)CC2)CC1C(C)C. The number of nitrogens with zero attached hydrogens (tertiary/aromatic N) is 4. The van der Waals surface area contributed by atoms with Gasteiger partial charge in [-0.3, -0.25) is 14.6 Å². The second kappa shape index (κ2) is 11.5. The third-order valence-electron chi connectivity index (χ3n) is 7.47. The van der Waals surface area contributed by atoms with Crippen LogP contribution in [0.15, 0.2) is 48.7 Å². The van der Waals surface area contributed by atoms with E-state index in [9.17, 15) is 4.79 Å². The van der Waals surface area contributed by atoms with Gasteiger partial charge in [-0.2, -0.15) is 0 Å². The Labute approximate surface area is 209 Å². The molecular weight excluding hydrogens is 446 g/mol. The molecule has 0 bridgehead atoms. The zero-order valence-electron chi connectivity index (χ0n) is 20.7.